The number of fused-ring (bicyclic) bond motifs is 1. The standard InChI is InChI=1S/C18H17Br2NO4.C2H2/c1-11(19)17(25-2)14(20)7-5-9-21-10-13(18(23)24)16(22)12-6-3-4-8-15(12)21;1-2/h3-4,6-8,10H,5,9H2,1-2H3,(H,23,24);1-2H/b14-7+,17-11-;. The van der Waals surface area contributed by atoms with E-state index in [0.717, 1.165) is 8.96 Å². The fourth-order valence-corrected chi connectivity index (χ4v) is 3.84. The Bertz CT molecular complexity index is 967. The van der Waals surface area contributed by atoms with Crippen LogP contribution in [0.25, 0.3) is 10.9 Å². The van der Waals surface area contributed by atoms with E-state index >= 15 is 0 Å². The van der Waals surface area contributed by atoms with Crippen molar-refractivity contribution < 1.29 is 14.6 Å². The first kappa shape index (κ1) is 22.7. The van der Waals surface area contributed by atoms with Crippen LogP contribution in [-0.4, -0.2) is 22.8 Å². The second-order valence-electron chi connectivity index (χ2n) is 5.30. The van der Waals surface area contributed by atoms with Crippen molar-refractivity contribution in [1.82, 2.24) is 4.57 Å². The highest BCUT2D eigenvalue weighted by molar-refractivity contribution is 9.12. The van der Waals surface area contributed by atoms with Gasteiger partial charge < -0.3 is 14.4 Å². The van der Waals surface area contributed by atoms with Gasteiger partial charge in [0.05, 0.1) is 17.1 Å². The second kappa shape index (κ2) is 10.8. The molecule has 0 saturated heterocycles. The first-order valence-corrected chi connectivity index (χ1v) is 9.40. The SMILES string of the molecule is C#C.COC(=C(/C)Br)/C(Br)=C\CCn1cc(C(=O)O)c(=O)c2ccccc21. The molecule has 0 fully saturated rings. The summed E-state index contributed by atoms with van der Waals surface area (Å²) >= 11 is 6.86. The average molecular weight is 497 g/mol. The molecular formula is C20H19Br2NO4. The quantitative estimate of drug-likeness (QED) is 0.351. The zero-order valence-electron chi connectivity index (χ0n) is 14.9. The topological polar surface area (TPSA) is 68.5 Å². The third-order valence-electron chi connectivity index (χ3n) is 3.65. The van der Waals surface area contributed by atoms with E-state index in [0.29, 0.717) is 29.6 Å². The summed E-state index contributed by atoms with van der Waals surface area (Å²) < 4.78 is 8.75. The molecule has 1 heterocycles. The lowest BCUT2D eigenvalue weighted by Crippen LogP contribution is -2.18. The lowest BCUT2D eigenvalue weighted by Gasteiger charge is -2.12. The first-order chi connectivity index (χ1) is 12.9. The Hall–Kier alpha value is -2.30. The third kappa shape index (κ3) is 5.59. The normalized spacial score (nSPS) is 12.0. The molecule has 1 N–H and O–H groups in total. The molecule has 0 aliphatic rings. The molecule has 27 heavy (non-hydrogen) atoms. The molecule has 1 aromatic carbocycles. The summed E-state index contributed by atoms with van der Waals surface area (Å²) in [6, 6.07) is 7.01. The molecule has 0 unspecified atom stereocenters. The summed E-state index contributed by atoms with van der Waals surface area (Å²) in [6.45, 7) is 2.40. The Morgan fingerprint density at radius 2 is 1.93 bits per heavy atom. The highest BCUT2D eigenvalue weighted by Gasteiger charge is 2.14. The number of aryl methyl sites for hydroxylation is 1. The number of ether oxygens (including phenoxy) is 1. The van der Waals surface area contributed by atoms with Gasteiger partial charge in [-0.1, -0.05) is 34.1 Å². The molecule has 142 valence electrons. The fourth-order valence-electron chi connectivity index (χ4n) is 2.51. The Morgan fingerprint density at radius 3 is 2.48 bits per heavy atom. The number of hydrogen-bond acceptors (Lipinski definition) is 3. The highest BCUT2D eigenvalue weighted by atomic mass is 79.9. The van der Waals surface area contributed by atoms with Gasteiger partial charge in [-0.3, -0.25) is 4.79 Å². The van der Waals surface area contributed by atoms with Crippen molar-refractivity contribution in [1.29, 1.82) is 0 Å². The van der Waals surface area contributed by atoms with Crippen LogP contribution in [0.5, 0.6) is 0 Å². The molecule has 0 atom stereocenters. The second-order valence-corrected chi connectivity index (χ2v) is 7.34. The number of halogens is 2. The van der Waals surface area contributed by atoms with Crippen molar-refractivity contribution in [2.75, 3.05) is 7.11 Å². The Labute approximate surface area is 174 Å². The molecule has 0 radical (unpaired) electrons. The van der Waals surface area contributed by atoms with E-state index in [1.807, 2.05) is 25.1 Å². The lowest BCUT2D eigenvalue weighted by molar-refractivity contribution is 0.0695. The summed E-state index contributed by atoms with van der Waals surface area (Å²) in [5, 5.41) is 9.67. The van der Waals surface area contributed by atoms with E-state index in [9.17, 15) is 14.7 Å². The lowest BCUT2D eigenvalue weighted by atomic mass is 10.1. The van der Waals surface area contributed by atoms with E-state index in [2.05, 4.69) is 44.7 Å². The van der Waals surface area contributed by atoms with Crippen LogP contribution in [0, 0.1) is 12.8 Å². The van der Waals surface area contributed by atoms with Crippen molar-refractivity contribution in [2.24, 2.45) is 0 Å². The van der Waals surface area contributed by atoms with Crippen LogP contribution in [0.4, 0.5) is 0 Å². The number of benzene rings is 1. The predicted octanol–water partition coefficient (Wildman–Crippen LogP) is 4.89. The number of rotatable bonds is 6. The number of carboxylic acid groups (broad SMARTS) is 1. The summed E-state index contributed by atoms with van der Waals surface area (Å²) in [5.74, 6) is -0.531. The van der Waals surface area contributed by atoms with E-state index in [1.165, 1.54) is 6.20 Å². The van der Waals surface area contributed by atoms with Gasteiger partial charge in [0.1, 0.15) is 11.3 Å². The molecule has 0 bridgehead atoms. The molecule has 5 nitrogen and oxygen atoms in total. The number of nitrogens with zero attached hydrogens (tertiary/aromatic N) is 1. The summed E-state index contributed by atoms with van der Waals surface area (Å²) in [4.78, 5) is 23.6. The Balaban J connectivity index is 0.00000176. The maximum Gasteiger partial charge on any atom is 0.341 e. The van der Waals surface area contributed by atoms with E-state index < -0.39 is 11.4 Å². The van der Waals surface area contributed by atoms with E-state index in [1.54, 1.807) is 23.8 Å². The molecule has 0 aliphatic heterocycles. The number of aromatic nitrogens is 1. The predicted molar refractivity (Wildman–Crippen MR) is 115 cm³/mol. The Kier molecular flexibility index (Phi) is 9.06. The molecule has 1 aromatic heterocycles. The minimum atomic E-state index is -1.22. The van der Waals surface area contributed by atoms with Gasteiger partial charge >= 0.3 is 5.97 Å². The van der Waals surface area contributed by atoms with Gasteiger partial charge in [0.2, 0.25) is 5.43 Å². The van der Waals surface area contributed by atoms with Gasteiger partial charge in [-0.15, -0.1) is 12.8 Å². The van der Waals surface area contributed by atoms with Gasteiger partial charge in [0.25, 0.3) is 0 Å². The van der Waals surface area contributed by atoms with Crippen LogP contribution in [-0.2, 0) is 11.3 Å². The third-order valence-corrected chi connectivity index (χ3v) is 4.69. The summed E-state index contributed by atoms with van der Waals surface area (Å²) in [6.07, 6.45) is 12.0. The van der Waals surface area contributed by atoms with Crippen molar-refractivity contribution in [2.45, 2.75) is 19.9 Å². The van der Waals surface area contributed by atoms with E-state index in [4.69, 9.17) is 4.74 Å². The largest absolute Gasteiger partial charge is 0.495 e. The number of terminal acetylenes is 1. The van der Waals surface area contributed by atoms with Crippen molar-refractivity contribution >= 4 is 48.7 Å². The molecular weight excluding hydrogens is 478 g/mol. The number of hydrogen-bond donors (Lipinski definition) is 1. The monoisotopic (exact) mass is 495 g/mol. The number of para-hydroxylation sites is 1. The zero-order valence-corrected chi connectivity index (χ0v) is 18.1. The molecule has 0 amide bonds. The summed E-state index contributed by atoms with van der Waals surface area (Å²) in [7, 11) is 1.59. The Morgan fingerprint density at radius 1 is 1.30 bits per heavy atom. The van der Waals surface area contributed by atoms with Crippen molar-refractivity contribution in [3.63, 3.8) is 0 Å². The first-order valence-electron chi connectivity index (χ1n) is 7.82. The molecule has 2 rings (SSSR count). The van der Waals surface area contributed by atoms with Gasteiger partial charge in [-0.25, -0.2) is 4.79 Å². The average Bonchev–Trinajstić information content (AvgIpc) is 2.65. The minimum absolute atomic E-state index is 0.226. The van der Waals surface area contributed by atoms with Crippen LogP contribution in [0.2, 0.25) is 0 Å². The molecule has 0 saturated carbocycles. The van der Waals surface area contributed by atoms with Gasteiger partial charge in [-0.05, 0) is 41.4 Å². The zero-order chi connectivity index (χ0) is 20.6. The molecule has 2 aromatic rings. The summed E-state index contributed by atoms with van der Waals surface area (Å²) in [5.41, 5.74) is 0.0207. The van der Waals surface area contributed by atoms with Crippen molar-refractivity contribution in [3.05, 3.63) is 67.0 Å². The maximum absolute atomic E-state index is 12.3. The van der Waals surface area contributed by atoms with Crippen LogP contribution in [0.1, 0.15) is 23.7 Å². The van der Waals surface area contributed by atoms with Gasteiger partial charge in [-0.2, -0.15) is 0 Å². The fraction of sp³-hybridized carbons (Fsp3) is 0.200. The number of aromatic carboxylic acids is 1. The number of methoxy groups -OCH3 is 1. The maximum atomic E-state index is 12.3. The van der Waals surface area contributed by atoms with Gasteiger partial charge in [0.15, 0.2) is 0 Å². The molecule has 7 heteroatoms. The van der Waals surface area contributed by atoms with Crippen molar-refractivity contribution in [3.8, 4) is 12.8 Å². The number of pyridine rings is 1. The molecule has 0 spiro atoms. The van der Waals surface area contributed by atoms with Crippen LogP contribution >= 0.6 is 31.9 Å². The minimum Gasteiger partial charge on any atom is -0.495 e. The van der Waals surface area contributed by atoms with Crippen LogP contribution in [0.15, 0.2) is 56.1 Å². The van der Waals surface area contributed by atoms with Gasteiger partial charge in [0, 0.05) is 22.6 Å². The number of carbonyl (C=O) groups is 1. The highest BCUT2D eigenvalue weighted by Crippen LogP contribution is 2.25. The van der Waals surface area contributed by atoms with Crippen LogP contribution in [0.3, 0.4) is 0 Å². The van der Waals surface area contributed by atoms with E-state index in [-0.39, 0.29) is 5.56 Å². The smallest absolute Gasteiger partial charge is 0.341 e. The number of carboxylic acids is 1. The number of allylic oxidation sites excluding steroid dienone is 3. The van der Waals surface area contributed by atoms with Crippen LogP contribution < -0.4 is 5.43 Å². The molecule has 0 aliphatic carbocycles.